The van der Waals surface area contributed by atoms with Gasteiger partial charge < -0.3 is 14.5 Å². The average Bonchev–Trinajstić information content (AvgIpc) is 2.68. The largest absolute Gasteiger partial charge is 0.490 e. The summed E-state index contributed by atoms with van der Waals surface area (Å²) in [6.07, 6.45) is 1.36. The molecule has 9 heteroatoms. The van der Waals surface area contributed by atoms with Gasteiger partial charge in [0.1, 0.15) is 5.02 Å². The molecule has 0 fully saturated rings. The molecule has 3 aromatic rings. The van der Waals surface area contributed by atoms with Crippen LogP contribution in [0.5, 0.6) is 11.5 Å². The molecule has 0 unspecified atom stereocenters. The highest BCUT2D eigenvalue weighted by Crippen LogP contribution is 2.42. The second-order valence-corrected chi connectivity index (χ2v) is 6.80. The highest BCUT2D eigenvalue weighted by atomic mass is 79.9. The molecule has 0 radical (unpaired) electrons. The standard InChI is InChI=1S/C19H17BrClN3O4/c1-3-27-14-9-11(15(20)16(21)17(14)28-4-2)10-22-24-18(25)12-7-5-6-8-13(12)23-19(24)26/h5-10H,3-4H2,1-2H3,(H,23,26). The number of ether oxygens (including phenoxy) is 2. The Kier molecular flexibility index (Phi) is 6.21. The predicted octanol–water partition coefficient (Wildman–Crippen LogP) is 3.79. The minimum Gasteiger partial charge on any atom is -0.490 e. The Morgan fingerprint density at radius 1 is 1.21 bits per heavy atom. The Bertz CT molecular complexity index is 1170. The Labute approximate surface area is 173 Å². The van der Waals surface area contributed by atoms with Gasteiger partial charge >= 0.3 is 5.69 Å². The Hall–Kier alpha value is -2.58. The summed E-state index contributed by atoms with van der Waals surface area (Å²) in [5.74, 6) is 0.856. The number of benzene rings is 2. The Balaban J connectivity index is 2.11. The van der Waals surface area contributed by atoms with Gasteiger partial charge in [-0.1, -0.05) is 23.7 Å². The van der Waals surface area contributed by atoms with Crippen molar-refractivity contribution in [2.75, 3.05) is 13.2 Å². The molecule has 1 heterocycles. The van der Waals surface area contributed by atoms with Crippen LogP contribution in [0.15, 0.2) is 49.5 Å². The van der Waals surface area contributed by atoms with Crippen molar-refractivity contribution >= 4 is 44.6 Å². The number of halogens is 2. The average molecular weight is 467 g/mol. The van der Waals surface area contributed by atoms with Crippen molar-refractivity contribution in [1.29, 1.82) is 0 Å². The zero-order valence-electron chi connectivity index (χ0n) is 15.2. The van der Waals surface area contributed by atoms with Crippen molar-refractivity contribution in [2.24, 2.45) is 5.10 Å². The van der Waals surface area contributed by atoms with Crippen molar-refractivity contribution in [2.45, 2.75) is 13.8 Å². The molecule has 28 heavy (non-hydrogen) atoms. The van der Waals surface area contributed by atoms with Gasteiger partial charge in [0.05, 0.1) is 30.3 Å². The first kappa shape index (κ1) is 20.2. The fraction of sp³-hybridized carbons (Fsp3) is 0.211. The zero-order chi connectivity index (χ0) is 20.3. The number of hydrogen-bond donors (Lipinski definition) is 1. The van der Waals surface area contributed by atoms with E-state index >= 15 is 0 Å². The number of para-hydroxylation sites is 1. The summed E-state index contributed by atoms with van der Waals surface area (Å²) >= 11 is 9.80. The van der Waals surface area contributed by atoms with Crippen molar-refractivity contribution in [3.8, 4) is 11.5 Å². The number of fused-ring (bicyclic) bond motifs is 1. The van der Waals surface area contributed by atoms with Gasteiger partial charge in [-0.2, -0.15) is 5.10 Å². The first-order chi connectivity index (χ1) is 13.5. The van der Waals surface area contributed by atoms with E-state index in [0.717, 1.165) is 4.68 Å². The maximum absolute atomic E-state index is 12.6. The first-order valence-electron chi connectivity index (χ1n) is 8.53. The molecule has 0 bridgehead atoms. The highest BCUT2D eigenvalue weighted by Gasteiger charge is 2.17. The van der Waals surface area contributed by atoms with Gasteiger partial charge in [0.25, 0.3) is 5.56 Å². The summed E-state index contributed by atoms with van der Waals surface area (Å²) in [5, 5.41) is 4.73. The van der Waals surface area contributed by atoms with Gasteiger partial charge in [-0.15, -0.1) is 4.68 Å². The number of aromatic nitrogens is 2. The van der Waals surface area contributed by atoms with Gasteiger partial charge in [-0.3, -0.25) is 4.79 Å². The summed E-state index contributed by atoms with van der Waals surface area (Å²) in [6, 6.07) is 8.40. The summed E-state index contributed by atoms with van der Waals surface area (Å²) in [5.41, 5.74) is -0.184. The molecular formula is C19H17BrClN3O4. The van der Waals surface area contributed by atoms with Crippen LogP contribution in [0.4, 0.5) is 0 Å². The van der Waals surface area contributed by atoms with E-state index in [1.807, 2.05) is 13.8 Å². The molecule has 1 N–H and O–H groups in total. The second-order valence-electron chi connectivity index (χ2n) is 5.62. The van der Waals surface area contributed by atoms with Gasteiger partial charge in [0, 0.05) is 10.0 Å². The monoisotopic (exact) mass is 465 g/mol. The minimum absolute atomic E-state index is 0.314. The summed E-state index contributed by atoms with van der Waals surface area (Å²) in [7, 11) is 0. The Morgan fingerprint density at radius 3 is 2.64 bits per heavy atom. The topological polar surface area (TPSA) is 85.7 Å². The van der Waals surface area contributed by atoms with Crippen molar-refractivity contribution in [3.63, 3.8) is 0 Å². The molecule has 0 spiro atoms. The number of aromatic amines is 1. The van der Waals surface area contributed by atoms with E-state index in [4.69, 9.17) is 21.1 Å². The molecule has 0 aliphatic heterocycles. The molecule has 7 nitrogen and oxygen atoms in total. The molecule has 0 aliphatic rings. The fourth-order valence-electron chi connectivity index (χ4n) is 2.62. The molecule has 0 amide bonds. The van der Waals surface area contributed by atoms with E-state index in [9.17, 15) is 9.59 Å². The first-order valence-corrected chi connectivity index (χ1v) is 9.71. The second kappa shape index (κ2) is 8.62. The molecular weight excluding hydrogens is 450 g/mol. The maximum Gasteiger partial charge on any atom is 0.349 e. The fourth-order valence-corrected chi connectivity index (χ4v) is 3.27. The predicted molar refractivity (Wildman–Crippen MR) is 113 cm³/mol. The van der Waals surface area contributed by atoms with E-state index in [1.54, 1.807) is 30.3 Å². The molecule has 1 aromatic heterocycles. The van der Waals surface area contributed by atoms with Crippen LogP contribution in [0.25, 0.3) is 10.9 Å². The number of hydrogen-bond acceptors (Lipinski definition) is 5. The van der Waals surface area contributed by atoms with Crippen LogP contribution in [0.3, 0.4) is 0 Å². The van der Waals surface area contributed by atoms with Gasteiger partial charge in [-0.05, 0) is 48.0 Å². The van der Waals surface area contributed by atoms with Gasteiger partial charge in [0.2, 0.25) is 0 Å². The summed E-state index contributed by atoms with van der Waals surface area (Å²) in [6.45, 7) is 4.52. The van der Waals surface area contributed by atoms with Crippen LogP contribution >= 0.6 is 27.5 Å². The lowest BCUT2D eigenvalue weighted by molar-refractivity contribution is 0.287. The molecule has 2 aromatic carbocycles. The van der Waals surface area contributed by atoms with Crippen molar-refractivity contribution < 1.29 is 9.47 Å². The highest BCUT2D eigenvalue weighted by molar-refractivity contribution is 9.10. The van der Waals surface area contributed by atoms with Crippen LogP contribution in [-0.2, 0) is 0 Å². The number of nitrogens with one attached hydrogen (secondary N) is 1. The van der Waals surface area contributed by atoms with Crippen molar-refractivity contribution in [3.05, 3.63) is 66.2 Å². The lowest BCUT2D eigenvalue weighted by Gasteiger charge is -2.15. The van der Waals surface area contributed by atoms with Crippen LogP contribution in [0.2, 0.25) is 5.02 Å². The number of rotatable bonds is 6. The minimum atomic E-state index is -0.641. The van der Waals surface area contributed by atoms with E-state index < -0.39 is 11.2 Å². The normalized spacial score (nSPS) is 11.3. The van der Waals surface area contributed by atoms with Crippen molar-refractivity contribution in [1.82, 2.24) is 9.66 Å². The SMILES string of the molecule is CCOc1cc(C=Nn2c(=O)[nH]c3ccccc3c2=O)c(Br)c(Cl)c1OCC. The van der Waals surface area contributed by atoms with E-state index in [-0.39, 0.29) is 0 Å². The summed E-state index contributed by atoms with van der Waals surface area (Å²) in [4.78, 5) is 27.5. The summed E-state index contributed by atoms with van der Waals surface area (Å²) < 4.78 is 12.4. The molecule has 0 saturated heterocycles. The molecule has 3 rings (SSSR count). The van der Waals surface area contributed by atoms with E-state index in [0.29, 0.717) is 50.7 Å². The molecule has 0 atom stereocenters. The third-order valence-corrected chi connectivity index (χ3v) is 5.28. The Morgan fingerprint density at radius 2 is 1.93 bits per heavy atom. The van der Waals surface area contributed by atoms with Crippen LogP contribution in [0, 0.1) is 0 Å². The third kappa shape index (κ3) is 3.83. The molecule has 146 valence electrons. The van der Waals surface area contributed by atoms with E-state index in [2.05, 4.69) is 26.0 Å². The lowest BCUT2D eigenvalue weighted by Crippen LogP contribution is -2.32. The molecule has 0 aliphatic carbocycles. The van der Waals surface area contributed by atoms with Gasteiger partial charge in [-0.25, -0.2) is 4.79 Å². The maximum atomic E-state index is 12.6. The van der Waals surface area contributed by atoms with E-state index in [1.165, 1.54) is 6.21 Å². The zero-order valence-corrected chi connectivity index (χ0v) is 17.5. The van der Waals surface area contributed by atoms with Crippen LogP contribution < -0.4 is 20.7 Å². The lowest BCUT2D eigenvalue weighted by atomic mass is 10.2. The van der Waals surface area contributed by atoms with Crippen LogP contribution in [-0.4, -0.2) is 29.1 Å². The number of H-pyrrole nitrogens is 1. The third-order valence-electron chi connectivity index (χ3n) is 3.84. The quantitative estimate of drug-likeness (QED) is 0.560. The van der Waals surface area contributed by atoms with Crippen LogP contribution in [0.1, 0.15) is 19.4 Å². The number of nitrogens with zero attached hydrogens (tertiary/aromatic N) is 2. The van der Waals surface area contributed by atoms with Gasteiger partial charge in [0.15, 0.2) is 11.5 Å². The molecule has 0 saturated carbocycles. The smallest absolute Gasteiger partial charge is 0.349 e.